The first-order valence-electron chi connectivity index (χ1n) is 9.77. The van der Waals surface area contributed by atoms with E-state index < -0.39 is 9.84 Å². The van der Waals surface area contributed by atoms with E-state index in [0.717, 1.165) is 11.1 Å². The Bertz CT molecular complexity index is 1240. The normalized spacial score (nSPS) is 11.3. The van der Waals surface area contributed by atoms with Crippen LogP contribution in [0.4, 0.5) is 5.88 Å². The Hall–Kier alpha value is -3.58. The molecule has 7 heteroatoms. The lowest BCUT2D eigenvalue weighted by molar-refractivity contribution is 0.414. The highest BCUT2D eigenvalue weighted by Gasteiger charge is 2.28. The highest BCUT2D eigenvalue weighted by atomic mass is 32.2. The Morgan fingerprint density at radius 1 is 0.871 bits per heavy atom. The lowest BCUT2D eigenvalue weighted by Gasteiger charge is -2.07. The van der Waals surface area contributed by atoms with Crippen LogP contribution in [0.2, 0.25) is 0 Å². The molecule has 4 rings (SSSR count). The molecule has 0 aliphatic rings. The van der Waals surface area contributed by atoms with Crippen molar-refractivity contribution >= 4 is 15.7 Å². The third kappa shape index (κ3) is 4.78. The molecule has 0 aliphatic heterocycles. The van der Waals surface area contributed by atoms with E-state index >= 15 is 0 Å². The number of anilines is 1. The Morgan fingerprint density at radius 2 is 1.48 bits per heavy atom. The first kappa shape index (κ1) is 20.7. The first-order chi connectivity index (χ1) is 15.1. The van der Waals surface area contributed by atoms with Gasteiger partial charge >= 0.3 is 0 Å². The Morgan fingerprint density at radius 3 is 2.10 bits per heavy atom. The van der Waals surface area contributed by atoms with Crippen molar-refractivity contribution in [1.82, 2.24) is 4.98 Å². The van der Waals surface area contributed by atoms with Gasteiger partial charge in [-0.3, -0.25) is 0 Å². The molecular weight excluding hydrogens is 412 g/mol. The number of oxazole rings is 1. The molecule has 0 saturated heterocycles. The summed E-state index contributed by atoms with van der Waals surface area (Å²) in [5.74, 6) is 1.03. The molecule has 0 bridgehead atoms. The van der Waals surface area contributed by atoms with E-state index in [2.05, 4.69) is 10.3 Å². The minimum Gasteiger partial charge on any atom is -0.497 e. The molecule has 0 atom stereocenters. The van der Waals surface area contributed by atoms with E-state index in [1.54, 1.807) is 12.1 Å². The molecule has 0 unspecified atom stereocenters. The van der Waals surface area contributed by atoms with Gasteiger partial charge in [-0.25, -0.2) is 8.42 Å². The highest BCUT2D eigenvalue weighted by Crippen LogP contribution is 2.30. The van der Waals surface area contributed by atoms with Crippen LogP contribution in [-0.2, 0) is 22.8 Å². The molecule has 31 heavy (non-hydrogen) atoms. The molecule has 0 radical (unpaired) electrons. The molecule has 158 valence electrons. The molecule has 1 N–H and O–H groups in total. The van der Waals surface area contributed by atoms with Crippen molar-refractivity contribution in [3.8, 4) is 5.75 Å². The van der Waals surface area contributed by atoms with Crippen LogP contribution in [0.3, 0.4) is 0 Å². The quantitative estimate of drug-likeness (QED) is 0.432. The average Bonchev–Trinajstić information content (AvgIpc) is 3.22. The third-order valence-electron chi connectivity index (χ3n) is 4.76. The van der Waals surface area contributed by atoms with Crippen molar-refractivity contribution in [2.75, 3.05) is 12.4 Å². The van der Waals surface area contributed by atoms with Gasteiger partial charge in [-0.1, -0.05) is 60.7 Å². The Kier molecular flexibility index (Phi) is 6.04. The van der Waals surface area contributed by atoms with Gasteiger partial charge < -0.3 is 14.5 Å². The van der Waals surface area contributed by atoms with E-state index in [-0.39, 0.29) is 15.8 Å². The predicted molar refractivity (Wildman–Crippen MR) is 118 cm³/mol. The van der Waals surface area contributed by atoms with Crippen molar-refractivity contribution in [2.45, 2.75) is 22.9 Å². The van der Waals surface area contributed by atoms with E-state index in [1.807, 2.05) is 60.7 Å². The van der Waals surface area contributed by atoms with Crippen molar-refractivity contribution in [3.63, 3.8) is 0 Å². The summed E-state index contributed by atoms with van der Waals surface area (Å²) in [5.41, 5.74) is 1.98. The number of sulfone groups is 1. The van der Waals surface area contributed by atoms with Crippen LogP contribution in [0.1, 0.15) is 17.0 Å². The highest BCUT2D eigenvalue weighted by molar-refractivity contribution is 7.91. The largest absolute Gasteiger partial charge is 0.497 e. The fourth-order valence-corrected chi connectivity index (χ4v) is 4.43. The third-order valence-corrected chi connectivity index (χ3v) is 6.44. The maximum absolute atomic E-state index is 13.3. The molecule has 1 heterocycles. The van der Waals surface area contributed by atoms with Gasteiger partial charge in [0.1, 0.15) is 5.75 Å². The zero-order valence-corrected chi connectivity index (χ0v) is 17.8. The standard InChI is InChI=1S/C24H22N2O4S/c1-29-20-12-14-21(15-13-20)31(27,28)24-23(25-17-19-10-6-3-7-11-19)30-22(26-24)16-18-8-4-2-5-9-18/h2-15,25H,16-17H2,1H3. The van der Waals surface area contributed by atoms with E-state index in [0.29, 0.717) is 24.6 Å². The molecule has 1 aromatic heterocycles. The molecule has 0 spiro atoms. The van der Waals surface area contributed by atoms with Crippen LogP contribution >= 0.6 is 0 Å². The van der Waals surface area contributed by atoms with Gasteiger partial charge in [0, 0.05) is 13.0 Å². The van der Waals surface area contributed by atoms with Gasteiger partial charge in [-0.2, -0.15) is 4.98 Å². The molecule has 0 fully saturated rings. The maximum atomic E-state index is 13.3. The van der Waals surface area contributed by atoms with Crippen molar-refractivity contribution in [2.24, 2.45) is 0 Å². The second kappa shape index (κ2) is 9.06. The van der Waals surface area contributed by atoms with Gasteiger partial charge in [0.25, 0.3) is 0 Å². The maximum Gasteiger partial charge on any atom is 0.233 e. The number of ether oxygens (including phenoxy) is 1. The van der Waals surface area contributed by atoms with E-state index in [9.17, 15) is 8.42 Å². The van der Waals surface area contributed by atoms with Crippen LogP contribution in [0.5, 0.6) is 5.75 Å². The summed E-state index contributed by atoms with van der Waals surface area (Å²) in [6, 6.07) is 25.5. The monoisotopic (exact) mass is 434 g/mol. The average molecular weight is 435 g/mol. The molecule has 0 amide bonds. The lowest BCUT2D eigenvalue weighted by Crippen LogP contribution is -2.07. The second-order valence-electron chi connectivity index (χ2n) is 6.92. The van der Waals surface area contributed by atoms with Crippen molar-refractivity contribution in [1.29, 1.82) is 0 Å². The molecular formula is C24H22N2O4S. The molecule has 4 aromatic rings. The van der Waals surface area contributed by atoms with Crippen LogP contribution in [-0.4, -0.2) is 20.5 Å². The number of methoxy groups -OCH3 is 1. The van der Waals surface area contributed by atoms with Crippen LogP contribution in [0, 0.1) is 0 Å². The predicted octanol–water partition coefficient (Wildman–Crippen LogP) is 4.72. The molecule has 6 nitrogen and oxygen atoms in total. The molecule has 0 saturated carbocycles. The summed E-state index contributed by atoms with van der Waals surface area (Å²) in [5, 5.41) is 2.98. The number of hydrogen-bond donors (Lipinski definition) is 1. The minimum absolute atomic E-state index is 0.121. The zero-order valence-electron chi connectivity index (χ0n) is 17.0. The first-order valence-corrected chi connectivity index (χ1v) is 11.2. The Balaban J connectivity index is 1.69. The van der Waals surface area contributed by atoms with Gasteiger partial charge in [0.2, 0.25) is 26.6 Å². The topological polar surface area (TPSA) is 81.4 Å². The summed E-state index contributed by atoms with van der Waals surface area (Å²) in [6.45, 7) is 0.409. The summed E-state index contributed by atoms with van der Waals surface area (Å²) >= 11 is 0. The number of rotatable bonds is 8. The summed E-state index contributed by atoms with van der Waals surface area (Å²) < 4.78 is 37.7. The number of benzene rings is 3. The smallest absolute Gasteiger partial charge is 0.233 e. The fraction of sp³-hybridized carbons (Fsp3) is 0.125. The zero-order chi connectivity index (χ0) is 21.7. The molecule has 3 aromatic carbocycles. The van der Waals surface area contributed by atoms with Gasteiger partial charge in [0.15, 0.2) is 0 Å². The van der Waals surface area contributed by atoms with Crippen molar-refractivity contribution < 1.29 is 17.6 Å². The van der Waals surface area contributed by atoms with E-state index in [4.69, 9.17) is 9.15 Å². The lowest BCUT2D eigenvalue weighted by atomic mass is 10.2. The van der Waals surface area contributed by atoms with Gasteiger partial charge in [0.05, 0.1) is 12.0 Å². The molecule has 0 aliphatic carbocycles. The number of hydrogen-bond acceptors (Lipinski definition) is 6. The summed E-state index contributed by atoms with van der Waals surface area (Å²) in [7, 11) is -2.36. The Labute approximate surface area is 181 Å². The number of nitrogens with zero attached hydrogens (tertiary/aromatic N) is 1. The summed E-state index contributed by atoms with van der Waals surface area (Å²) in [4.78, 5) is 4.48. The number of aromatic nitrogens is 1. The van der Waals surface area contributed by atoms with Crippen molar-refractivity contribution in [3.05, 3.63) is 102 Å². The second-order valence-corrected chi connectivity index (χ2v) is 8.79. The summed E-state index contributed by atoms with van der Waals surface area (Å²) in [6.07, 6.45) is 0.388. The van der Waals surface area contributed by atoms with Crippen LogP contribution in [0.15, 0.2) is 99.3 Å². The SMILES string of the molecule is COc1ccc(S(=O)(=O)c2nc(Cc3ccccc3)oc2NCc2ccccc2)cc1. The van der Waals surface area contributed by atoms with Crippen LogP contribution < -0.4 is 10.1 Å². The fourth-order valence-electron chi connectivity index (χ4n) is 3.13. The van der Waals surface area contributed by atoms with Gasteiger partial charge in [-0.15, -0.1) is 0 Å². The minimum atomic E-state index is -3.89. The number of nitrogens with one attached hydrogen (secondary N) is 1. The van der Waals surface area contributed by atoms with Crippen LogP contribution in [0.25, 0.3) is 0 Å². The van der Waals surface area contributed by atoms with Gasteiger partial charge in [-0.05, 0) is 35.4 Å². The van der Waals surface area contributed by atoms with E-state index in [1.165, 1.54) is 19.2 Å².